The van der Waals surface area contributed by atoms with Gasteiger partial charge < -0.3 is 14.2 Å². The van der Waals surface area contributed by atoms with E-state index < -0.39 is 20.0 Å². The molecule has 1 fully saturated rings. The predicted octanol–water partition coefficient (Wildman–Crippen LogP) is 1.60. The molecule has 0 atom stereocenters. The Kier molecular flexibility index (Phi) is 5.60. The van der Waals surface area contributed by atoms with Gasteiger partial charge in [0.05, 0.1) is 13.7 Å². The van der Waals surface area contributed by atoms with E-state index in [9.17, 15) is 13.2 Å². The Bertz CT molecular complexity index is 642. The minimum absolute atomic E-state index is 0.169. The Morgan fingerprint density at radius 3 is 2.68 bits per heavy atom. The van der Waals surface area contributed by atoms with Crippen molar-refractivity contribution in [2.24, 2.45) is 5.92 Å². The summed E-state index contributed by atoms with van der Waals surface area (Å²) in [4.78, 5) is 15.5. The molecule has 0 amide bonds. The number of methoxy groups -OCH3 is 1. The number of pyridine rings is 1. The molecule has 22 heavy (non-hydrogen) atoms. The van der Waals surface area contributed by atoms with Crippen molar-refractivity contribution in [2.45, 2.75) is 17.9 Å². The largest absolute Gasteiger partial charge is 0.491 e. The van der Waals surface area contributed by atoms with Gasteiger partial charge in [-0.05, 0) is 30.9 Å². The third kappa shape index (κ3) is 4.31. The molecule has 1 aliphatic heterocycles. The number of carbonyl (C=O) groups is 1. The van der Waals surface area contributed by atoms with Gasteiger partial charge >= 0.3 is 5.97 Å². The van der Waals surface area contributed by atoms with Crippen molar-refractivity contribution >= 4 is 25.7 Å². The zero-order valence-corrected chi connectivity index (χ0v) is 13.5. The SMILES string of the molecule is COC(=O)c1nc(S(=O)(=O)Cl)ccc1OCC1CCOCC1. The molecule has 1 saturated heterocycles. The zero-order chi connectivity index (χ0) is 16.2. The number of ether oxygens (including phenoxy) is 3. The molecule has 1 aromatic heterocycles. The lowest BCUT2D eigenvalue weighted by atomic mass is 10.0. The van der Waals surface area contributed by atoms with Crippen LogP contribution in [0.3, 0.4) is 0 Å². The van der Waals surface area contributed by atoms with Gasteiger partial charge in [-0.3, -0.25) is 0 Å². The van der Waals surface area contributed by atoms with Crippen molar-refractivity contribution in [1.29, 1.82) is 0 Å². The molecule has 0 unspecified atom stereocenters. The number of hydrogen-bond acceptors (Lipinski definition) is 7. The number of esters is 1. The van der Waals surface area contributed by atoms with E-state index in [1.165, 1.54) is 19.2 Å². The third-order valence-corrected chi connectivity index (χ3v) is 4.48. The summed E-state index contributed by atoms with van der Waals surface area (Å²) in [6.07, 6.45) is 1.74. The lowest BCUT2D eigenvalue weighted by Gasteiger charge is -2.22. The highest BCUT2D eigenvalue weighted by Gasteiger charge is 2.22. The van der Waals surface area contributed by atoms with Crippen LogP contribution in [-0.2, 0) is 18.5 Å². The summed E-state index contributed by atoms with van der Waals surface area (Å²) < 4.78 is 38.1. The summed E-state index contributed by atoms with van der Waals surface area (Å²) in [5, 5.41) is -0.423. The second-order valence-corrected chi connectivity index (χ2v) is 7.31. The Balaban J connectivity index is 2.20. The highest BCUT2D eigenvalue weighted by atomic mass is 35.7. The first kappa shape index (κ1) is 17.0. The standard InChI is InChI=1S/C13H16ClNO6S/c1-19-13(16)12-10(2-3-11(15-12)22(14,17)18)21-8-9-4-6-20-7-5-9/h2-3,9H,4-8H2,1H3. The van der Waals surface area contributed by atoms with E-state index in [2.05, 4.69) is 9.72 Å². The van der Waals surface area contributed by atoms with Gasteiger partial charge in [0.1, 0.15) is 0 Å². The molecule has 1 aliphatic rings. The van der Waals surface area contributed by atoms with Crippen LogP contribution in [0.4, 0.5) is 0 Å². The van der Waals surface area contributed by atoms with Gasteiger partial charge in [0.15, 0.2) is 16.5 Å². The average molecular weight is 350 g/mol. The van der Waals surface area contributed by atoms with Crippen LogP contribution < -0.4 is 4.74 Å². The maximum Gasteiger partial charge on any atom is 0.360 e. The van der Waals surface area contributed by atoms with E-state index >= 15 is 0 Å². The molecular weight excluding hydrogens is 334 g/mol. The molecule has 0 radical (unpaired) electrons. The van der Waals surface area contributed by atoms with Crippen molar-refractivity contribution < 1.29 is 27.4 Å². The van der Waals surface area contributed by atoms with Crippen LogP contribution in [0.25, 0.3) is 0 Å². The van der Waals surface area contributed by atoms with Gasteiger partial charge in [0.2, 0.25) is 0 Å². The number of nitrogens with zero attached hydrogens (tertiary/aromatic N) is 1. The number of carbonyl (C=O) groups excluding carboxylic acids is 1. The van der Waals surface area contributed by atoms with Crippen molar-refractivity contribution in [3.05, 3.63) is 17.8 Å². The van der Waals surface area contributed by atoms with E-state index in [4.69, 9.17) is 20.2 Å². The fraction of sp³-hybridized carbons (Fsp3) is 0.538. The second-order valence-electron chi connectivity index (χ2n) is 4.79. The molecule has 2 heterocycles. The van der Waals surface area contributed by atoms with Gasteiger partial charge in [-0.25, -0.2) is 18.2 Å². The molecule has 0 saturated carbocycles. The molecule has 1 aromatic rings. The van der Waals surface area contributed by atoms with Crippen LogP contribution in [0.1, 0.15) is 23.3 Å². The molecule has 7 nitrogen and oxygen atoms in total. The van der Waals surface area contributed by atoms with Gasteiger partial charge in [-0.2, -0.15) is 0 Å². The summed E-state index contributed by atoms with van der Waals surface area (Å²) >= 11 is 0. The van der Waals surface area contributed by atoms with E-state index in [0.29, 0.717) is 25.7 Å². The van der Waals surface area contributed by atoms with Gasteiger partial charge in [-0.15, -0.1) is 0 Å². The molecule has 2 rings (SSSR count). The zero-order valence-electron chi connectivity index (χ0n) is 12.0. The van der Waals surface area contributed by atoms with Crippen LogP contribution in [0.2, 0.25) is 0 Å². The molecule has 0 spiro atoms. The van der Waals surface area contributed by atoms with Crippen molar-refractivity contribution in [3.8, 4) is 5.75 Å². The molecule has 122 valence electrons. The topological polar surface area (TPSA) is 91.8 Å². The van der Waals surface area contributed by atoms with Crippen molar-refractivity contribution in [3.63, 3.8) is 0 Å². The van der Waals surface area contributed by atoms with E-state index in [1.54, 1.807) is 0 Å². The fourth-order valence-corrected chi connectivity index (χ4v) is 2.73. The van der Waals surface area contributed by atoms with Gasteiger partial charge in [0.25, 0.3) is 9.05 Å². The summed E-state index contributed by atoms with van der Waals surface area (Å²) in [6, 6.07) is 2.54. The molecular formula is C13H16ClNO6S. The lowest BCUT2D eigenvalue weighted by Crippen LogP contribution is -2.22. The minimum Gasteiger partial charge on any atom is -0.491 e. The number of hydrogen-bond donors (Lipinski definition) is 0. The highest BCUT2D eigenvalue weighted by Crippen LogP contribution is 2.24. The third-order valence-electron chi connectivity index (χ3n) is 3.28. The lowest BCUT2D eigenvalue weighted by molar-refractivity contribution is 0.0480. The fourth-order valence-electron chi connectivity index (χ4n) is 2.04. The molecule has 0 N–H and O–H groups in total. The summed E-state index contributed by atoms with van der Waals surface area (Å²) in [7, 11) is 2.37. The first-order valence-electron chi connectivity index (χ1n) is 6.66. The van der Waals surface area contributed by atoms with Crippen LogP contribution in [0.15, 0.2) is 17.2 Å². The van der Waals surface area contributed by atoms with E-state index in [0.717, 1.165) is 12.8 Å². The molecule has 0 aromatic carbocycles. The van der Waals surface area contributed by atoms with Gasteiger partial charge in [-0.1, -0.05) is 0 Å². The molecule has 0 aliphatic carbocycles. The average Bonchev–Trinajstić information content (AvgIpc) is 2.52. The normalized spacial score (nSPS) is 16.3. The quantitative estimate of drug-likeness (QED) is 0.589. The Labute approximate surface area is 132 Å². The molecule has 0 bridgehead atoms. The van der Waals surface area contributed by atoms with E-state index in [1.807, 2.05) is 0 Å². The smallest absolute Gasteiger partial charge is 0.360 e. The Hall–Kier alpha value is -1.38. The van der Waals surface area contributed by atoms with Crippen LogP contribution in [0, 0.1) is 5.92 Å². The number of halogens is 1. The van der Waals surface area contributed by atoms with Crippen molar-refractivity contribution in [2.75, 3.05) is 26.9 Å². The number of aromatic nitrogens is 1. The summed E-state index contributed by atoms with van der Waals surface area (Å²) in [5.74, 6) is -0.303. The second kappa shape index (κ2) is 7.26. The predicted molar refractivity (Wildman–Crippen MR) is 77.7 cm³/mol. The monoisotopic (exact) mass is 349 g/mol. The van der Waals surface area contributed by atoms with Crippen LogP contribution in [-0.4, -0.2) is 46.3 Å². The van der Waals surface area contributed by atoms with Gasteiger partial charge in [0, 0.05) is 23.9 Å². The highest BCUT2D eigenvalue weighted by molar-refractivity contribution is 8.13. The maximum absolute atomic E-state index is 11.7. The Morgan fingerprint density at radius 2 is 2.09 bits per heavy atom. The molecule has 9 heteroatoms. The first-order chi connectivity index (χ1) is 10.4. The van der Waals surface area contributed by atoms with Crippen LogP contribution in [0.5, 0.6) is 5.75 Å². The summed E-state index contributed by atoms with van der Waals surface area (Å²) in [5.41, 5.74) is -0.212. The van der Waals surface area contributed by atoms with E-state index in [-0.39, 0.29) is 11.4 Å². The van der Waals surface area contributed by atoms with Crippen LogP contribution >= 0.6 is 10.7 Å². The minimum atomic E-state index is -4.04. The maximum atomic E-state index is 11.7. The van der Waals surface area contributed by atoms with Crippen molar-refractivity contribution in [1.82, 2.24) is 4.98 Å². The Morgan fingerprint density at radius 1 is 1.41 bits per heavy atom. The first-order valence-corrected chi connectivity index (χ1v) is 8.97. The number of rotatable bonds is 5. The summed E-state index contributed by atoms with van der Waals surface area (Å²) in [6.45, 7) is 1.75.